The third kappa shape index (κ3) is 6.34. The zero-order chi connectivity index (χ0) is 23.9. The Labute approximate surface area is 197 Å². The van der Waals surface area contributed by atoms with Crippen molar-refractivity contribution >= 4 is 36.9 Å². The molecule has 0 aromatic heterocycles. The van der Waals surface area contributed by atoms with Crippen molar-refractivity contribution in [3.63, 3.8) is 0 Å². The summed E-state index contributed by atoms with van der Waals surface area (Å²) >= 11 is -1.52. The number of hydrogen-bond donors (Lipinski definition) is 0. The average molecular weight is 559 g/mol. The van der Waals surface area contributed by atoms with Gasteiger partial charge >= 0.3 is 9.90 Å². The van der Waals surface area contributed by atoms with Gasteiger partial charge in [-0.15, -0.1) is 0 Å². The van der Waals surface area contributed by atoms with E-state index >= 15 is 0 Å². The van der Waals surface area contributed by atoms with E-state index < -0.39 is 30.6 Å². The average Bonchev–Trinajstić information content (AvgIpc) is 2.79. The second kappa shape index (κ2) is 11.5. The fourth-order valence-corrected chi connectivity index (χ4v) is 4.05. The number of allylic oxidation sites excluding steroid dienone is 2. The maximum absolute atomic E-state index is 14.0. The van der Waals surface area contributed by atoms with Crippen LogP contribution in [0.2, 0.25) is 0 Å². The Hall–Kier alpha value is -2.36. The fraction of sp³-hybridized carbons (Fsp3) is 0.375. The highest BCUT2D eigenvalue weighted by molar-refractivity contribution is 14.2. The van der Waals surface area contributed by atoms with E-state index in [4.69, 9.17) is 14.3 Å². The number of oxime groups is 1. The number of carbonyl (C=O) groups is 1. The van der Waals surface area contributed by atoms with Gasteiger partial charge in [-0.25, -0.2) is 4.79 Å². The van der Waals surface area contributed by atoms with Gasteiger partial charge in [-0.3, -0.25) is 0 Å². The molecule has 0 saturated heterocycles. The van der Waals surface area contributed by atoms with Crippen molar-refractivity contribution in [1.82, 2.24) is 0 Å². The maximum atomic E-state index is 14.0. The van der Waals surface area contributed by atoms with Crippen LogP contribution in [0.3, 0.4) is 0 Å². The van der Waals surface area contributed by atoms with Gasteiger partial charge in [-0.2, -0.15) is 8.78 Å². The van der Waals surface area contributed by atoms with E-state index in [0.29, 0.717) is 29.7 Å². The molecular weight excluding hydrogens is 531 g/mol. The van der Waals surface area contributed by atoms with Gasteiger partial charge < -0.3 is 14.3 Å². The van der Waals surface area contributed by atoms with Crippen LogP contribution in [0.15, 0.2) is 63.5 Å². The van der Waals surface area contributed by atoms with Crippen molar-refractivity contribution in [3.8, 4) is 0 Å². The summed E-state index contributed by atoms with van der Waals surface area (Å²) in [6.07, 6.45) is 2.58. The first-order valence-electron chi connectivity index (χ1n) is 9.87. The Morgan fingerprint density at radius 2 is 1.94 bits per heavy atom. The standard InChI is InChI=1S/C24H28F2INO4/c1-15-10-19(21(11-16(15)2)22(14-30-5)23(29)31-6)13-32-28-17(3)18-8-7-9-20(12-18)24(25,26)27-4/h7-9,12,14H,4,10-11,13H2,1-3,5-6H3/b22-14+,28-17+. The molecule has 0 atom stereocenters. The molecule has 0 amide bonds. The molecule has 0 aliphatic heterocycles. The number of hydrogen-bond acceptors (Lipinski definition) is 5. The largest absolute Gasteiger partial charge is 0.503 e. The van der Waals surface area contributed by atoms with Crippen molar-refractivity contribution in [2.24, 2.45) is 5.16 Å². The highest BCUT2D eigenvalue weighted by Crippen LogP contribution is 2.39. The predicted molar refractivity (Wildman–Crippen MR) is 131 cm³/mol. The molecule has 8 heteroatoms. The summed E-state index contributed by atoms with van der Waals surface area (Å²) in [4.78, 5) is 17.9. The van der Waals surface area contributed by atoms with E-state index in [0.717, 1.165) is 11.1 Å². The molecule has 1 aliphatic carbocycles. The summed E-state index contributed by atoms with van der Waals surface area (Å²) in [6.45, 7) is 5.91. The first-order chi connectivity index (χ1) is 15.1. The van der Waals surface area contributed by atoms with Gasteiger partial charge in [-0.05, 0) is 77.1 Å². The number of ether oxygens (including phenoxy) is 2. The summed E-state index contributed by atoms with van der Waals surface area (Å²) in [7, 11) is 2.79. The molecule has 174 valence electrons. The number of alkyl halides is 3. The summed E-state index contributed by atoms with van der Waals surface area (Å²) in [6, 6.07) is 6.11. The molecule has 32 heavy (non-hydrogen) atoms. The van der Waals surface area contributed by atoms with Crippen molar-refractivity contribution in [1.29, 1.82) is 0 Å². The molecule has 0 fully saturated rings. The predicted octanol–water partition coefficient (Wildman–Crippen LogP) is 6.01. The quantitative estimate of drug-likeness (QED) is 0.0544. The summed E-state index contributed by atoms with van der Waals surface area (Å²) in [5.41, 5.74) is 5.35. The Bertz CT molecular complexity index is 1010. The molecule has 0 heterocycles. The van der Waals surface area contributed by atoms with Gasteiger partial charge in [0.1, 0.15) is 6.61 Å². The van der Waals surface area contributed by atoms with Gasteiger partial charge in [0.05, 0.1) is 31.8 Å². The molecule has 0 spiro atoms. The van der Waals surface area contributed by atoms with Crippen molar-refractivity contribution in [2.75, 3.05) is 20.8 Å². The van der Waals surface area contributed by atoms with Gasteiger partial charge in [0.15, 0.2) is 0 Å². The minimum absolute atomic E-state index is 0.0618. The number of esters is 1. The number of benzene rings is 1. The lowest BCUT2D eigenvalue weighted by molar-refractivity contribution is -0.136. The van der Waals surface area contributed by atoms with Crippen LogP contribution < -0.4 is 0 Å². The number of methoxy groups -OCH3 is 2. The van der Waals surface area contributed by atoms with E-state index in [2.05, 4.69) is 9.67 Å². The lowest BCUT2D eigenvalue weighted by Crippen LogP contribution is -2.15. The third-order valence-corrected chi connectivity index (χ3v) is 6.84. The smallest absolute Gasteiger partial charge is 0.341 e. The van der Waals surface area contributed by atoms with Gasteiger partial charge in [0.2, 0.25) is 0 Å². The SMILES string of the molecule is C=IC(F)(F)c1cccc(/C(C)=N/OCC2=C(/C(=C\OC)C(=O)OC)CC(C)=C(C)C2)c1. The second-order valence-electron chi connectivity index (χ2n) is 7.42. The van der Waals surface area contributed by atoms with Gasteiger partial charge in [-0.1, -0.05) is 39.0 Å². The molecular formula is C24H28F2INO4. The van der Waals surface area contributed by atoms with E-state index in [-0.39, 0.29) is 12.2 Å². The lowest BCUT2D eigenvalue weighted by atomic mass is 9.84. The van der Waals surface area contributed by atoms with Crippen LogP contribution >= 0.6 is 20.7 Å². The van der Waals surface area contributed by atoms with Crippen LogP contribution in [0, 0.1) is 0 Å². The van der Waals surface area contributed by atoms with Crippen LogP contribution in [0.1, 0.15) is 44.7 Å². The number of nitrogens with zero attached hydrogens (tertiary/aromatic N) is 1. The Kier molecular flexibility index (Phi) is 9.30. The van der Waals surface area contributed by atoms with Crippen molar-refractivity contribution in [3.05, 3.63) is 69.5 Å². The van der Waals surface area contributed by atoms with Crippen molar-refractivity contribution < 1.29 is 27.9 Å². The first-order valence-corrected chi connectivity index (χ1v) is 12.5. The molecule has 1 aliphatic rings. The maximum Gasteiger partial charge on any atom is 0.341 e. The Balaban J connectivity index is 2.28. The first kappa shape index (κ1) is 25.9. The molecule has 1 aromatic rings. The highest BCUT2D eigenvalue weighted by atomic mass is 127. The van der Waals surface area contributed by atoms with Crippen LogP contribution in [0.5, 0.6) is 0 Å². The van der Waals surface area contributed by atoms with Crippen LogP contribution in [-0.4, -0.2) is 37.0 Å². The molecule has 2 rings (SSSR count). The fourth-order valence-electron chi connectivity index (χ4n) is 3.27. The zero-order valence-electron chi connectivity index (χ0n) is 18.9. The molecule has 1 aromatic carbocycles. The molecule has 0 N–H and O–H groups in total. The molecule has 0 saturated carbocycles. The number of carbonyl (C=O) groups excluding carboxylic acids is 1. The lowest BCUT2D eigenvalue weighted by Gasteiger charge is -2.23. The zero-order valence-corrected chi connectivity index (χ0v) is 21.1. The van der Waals surface area contributed by atoms with E-state index in [1.165, 1.54) is 43.8 Å². The second-order valence-corrected chi connectivity index (χ2v) is 9.54. The molecule has 0 radical (unpaired) electrons. The Morgan fingerprint density at radius 3 is 2.56 bits per heavy atom. The normalized spacial score (nSPS) is 15.7. The van der Waals surface area contributed by atoms with Crippen LogP contribution in [0.4, 0.5) is 8.78 Å². The van der Waals surface area contributed by atoms with E-state index in [9.17, 15) is 13.6 Å². The summed E-state index contributed by atoms with van der Waals surface area (Å²) in [5.74, 6) is -0.489. The number of rotatable bonds is 9. The van der Waals surface area contributed by atoms with E-state index in [1.54, 1.807) is 19.1 Å². The van der Waals surface area contributed by atoms with Crippen LogP contribution in [0.25, 0.3) is 0 Å². The van der Waals surface area contributed by atoms with Gasteiger partial charge in [0.25, 0.3) is 0 Å². The van der Waals surface area contributed by atoms with Gasteiger partial charge in [0, 0.05) is 5.56 Å². The minimum atomic E-state index is -2.89. The minimum Gasteiger partial charge on any atom is -0.503 e. The molecule has 0 bridgehead atoms. The van der Waals surface area contributed by atoms with E-state index in [1.807, 2.05) is 13.8 Å². The number of halogens is 3. The summed E-state index contributed by atoms with van der Waals surface area (Å²) in [5, 5.41) is 4.13. The molecule has 5 nitrogen and oxygen atoms in total. The topological polar surface area (TPSA) is 57.1 Å². The summed E-state index contributed by atoms with van der Waals surface area (Å²) < 4.78 is 38.6. The molecule has 0 unspecified atom stereocenters. The van der Waals surface area contributed by atoms with Crippen molar-refractivity contribution in [2.45, 2.75) is 37.5 Å². The highest BCUT2D eigenvalue weighted by Gasteiger charge is 2.28. The van der Waals surface area contributed by atoms with Crippen LogP contribution in [-0.2, 0) is 23.0 Å². The monoisotopic (exact) mass is 559 g/mol. The Morgan fingerprint density at radius 1 is 1.25 bits per heavy atom. The third-order valence-electron chi connectivity index (χ3n) is 5.26.